The van der Waals surface area contributed by atoms with Crippen LogP contribution in [-0.2, 0) is 17.4 Å². The fourth-order valence-electron chi connectivity index (χ4n) is 3.20. The zero-order chi connectivity index (χ0) is 19.3. The van der Waals surface area contributed by atoms with Gasteiger partial charge in [0, 0.05) is 31.7 Å². The third-order valence-corrected chi connectivity index (χ3v) is 4.74. The van der Waals surface area contributed by atoms with Crippen LogP contribution < -0.4 is 10.2 Å². The highest BCUT2D eigenvalue weighted by atomic mass is 19.4. The molecule has 1 fully saturated rings. The largest absolute Gasteiger partial charge is 0.417 e. The molecule has 0 saturated carbocycles. The van der Waals surface area contributed by atoms with E-state index in [9.17, 15) is 18.0 Å². The van der Waals surface area contributed by atoms with E-state index in [4.69, 9.17) is 0 Å². The maximum atomic E-state index is 12.6. The Balaban J connectivity index is 1.44. The molecule has 7 heteroatoms. The minimum absolute atomic E-state index is 0.0324. The van der Waals surface area contributed by atoms with Gasteiger partial charge in [0.05, 0.1) is 5.56 Å². The molecular formula is C20H22F3N3O. The summed E-state index contributed by atoms with van der Waals surface area (Å²) >= 11 is 0. The minimum Gasteiger partial charge on any atom is -0.356 e. The molecule has 0 aliphatic carbocycles. The van der Waals surface area contributed by atoms with Crippen molar-refractivity contribution in [3.63, 3.8) is 0 Å². The van der Waals surface area contributed by atoms with Crippen LogP contribution in [-0.4, -0.2) is 30.0 Å². The Kier molecular flexibility index (Phi) is 5.98. The molecule has 1 N–H and O–H groups in total. The lowest BCUT2D eigenvalue weighted by Gasteiger charge is -2.33. The molecule has 3 rings (SSSR count). The maximum Gasteiger partial charge on any atom is 0.417 e. The van der Waals surface area contributed by atoms with Gasteiger partial charge in [-0.1, -0.05) is 30.3 Å². The monoisotopic (exact) mass is 377 g/mol. The second kappa shape index (κ2) is 8.41. The Morgan fingerprint density at radius 3 is 2.41 bits per heavy atom. The van der Waals surface area contributed by atoms with Gasteiger partial charge < -0.3 is 10.2 Å². The van der Waals surface area contributed by atoms with Crippen LogP contribution in [0.5, 0.6) is 0 Å². The first-order valence-corrected chi connectivity index (χ1v) is 9.03. The van der Waals surface area contributed by atoms with Gasteiger partial charge >= 0.3 is 6.18 Å². The maximum absolute atomic E-state index is 12.6. The summed E-state index contributed by atoms with van der Waals surface area (Å²) in [4.78, 5) is 18.0. The second-order valence-electron chi connectivity index (χ2n) is 6.72. The van der Waals surface area contributed by atoms with Crippen LogP contribution in [0.1, 0.15) is 30.4 Å². The van der Waals surface area contributed by atoms with Crippen LogP contribution in [0, 0.1) is 0 Å². The quantitative estimate of drug-likeness (QED) is 0.862. The molecule has 1 aliphatic rings. The fourth-order valence-corrected chi connectivity index (χ4v) is 3.20. The van der Waals surface area contributed by atoms with Crippen molar-refractivity contribution < 1.29 is 18.0 Å². The first kappa shape index (κ1) is 19.2. The van der Waals surface area contributed by atoms with Gasteiger partial charge in [-0.05, 0) is 37.0 Å². The highest BCUT2D eigenvalue weighted by molar-refractivity contribution is 5.76. The Bertz CT molecular complexity index is 739. The van der Waals surface area contributed by atoms with E-state index < -0.39 is 11.7 Å². The normalized spacial score (nSPS) is 15.6. The van der Waals surface area contributed by atoms with Crippen molar-refractivity contribution >= 4 is 11.7 Å². The third kappa shape index (κ3) is 5.45. The lowest BCUT2D eigenvalue weighted by atomic mass is 10.0. The van der Waals surface area contributed by atoms with Gasteiger partial charge in [0.15, 0.2) is 0 Å². The van der Waals surface area contributed by atoms with E-state index in [-0.39, 0.29) is 11.9 Å². The smallest absolute Gasteiger partial charge is 0.356 e. The fraction of sp³-hybridized carbons (Fsp3) is 0.400. The van der Waals surface area contributed by atoms with Gasteiger partial charge in [-0.2, -0.15) is 13.2 Å². The number of halogens is 3. The van der Waals surface area contributed by atoms with E-state index in [1.165, 1.54) is 6.07 Å². The molecule has 1 aromatic carbocycles. The first-order valence-electron chi connectivity index (χ1n) is 9.03. The summed E-state index contributed by atoms with van der Waals surface area (Å²) in [6.07, 6.45) is -0.847. The van der Waals surface area contributed by atoms with E-state index in [0.717, 1.165) is 30.7 Å². The number of piperidine rings is 1. The van der Waals surface area contributed by atoms with Gasteiger partial charge in [-0.3, -0.25) is 4.79 Å². The van der Waals surface area contributed by atoms with E-state index in [1.54, 1.807) is 0 Å². The molecule has 1 amide bonds. The molecule has 1 aromatic heterocycles. The average molecular weight is 377 g/mol. The predicted molar refractivity (Wildman–Crippen MR) is 97.4 cm³/mol. The van der Waals surface area contributed by atoms with Gasteiger partial charge in [0.1, 0.15) is 5.82 Å². The van der Waals surface area contributed by atoms with Crippen molar-refractivity contribution in [1.29, 1.82) is 0 Å². The molecule has 2 heterocycles. The SMILES string of the molecule is O=C(CCc1ccccc1)NC1CCN(c2ccc(C(F)(F)F)cn2)CC1. The number of rotatable bonds is 5. The molecule has 0 radical (unpaired) electrons. The van der Waals surface area contributed by atoms with E-state index in [0.29, 0.717) is 31.7 Å². The summed E-state index contributed by atoms with van der Waals surface area (Å²) < 4.78 is 37.8. The van der Waals surface area contributed by atoms with Crippen LogP contribution in [0.15, 0.2) is 48.7 Å². The highest BCUT2D eigenvalue weighted by Gasteiger charge is 2.31. The number of alkyl halides is 3. The number of hydrogen-bond donors (Lipinski definition) is 1. The molecule has 27 heavy (non-hydrogen) atoms. The summed E-state index contributed by atoms with van der Waals surface area (Å²) in [5, 5.41) is 3.06. The van der Waals surface area contributed by atoms with Crippen LogP contribution in [0.4, 0.5) is 19.0 Å². The summed E-state index contributed by atoms with van der Waals surface area (Å²) in [6, 6.07) is 12.4. The number of carbonyl (C=O) groups is 1. The van der Waals surface area contributed by atoms with E-state index in [1.807, 2.05) is 35.2 Å². The van der Waals surface area contributed by atoms with Crippen molar-refractivity contribution in [2.45, 2.75) is 37.9 Å². The Morgan fingerprint density at radius 2 is 1.81 bits per heavy atom. The Labute approximate surface area is 156 Å². The molecule has 1 aliphatic heterocycles. The second-order valence-corrected chi connectivity index (χ2v) is 6.72. The van der Waals surface area contributed by atoms with Crippen molar-refractivity contribution in [3.8, 4) is 0 Å². The van der Waals surface area contributed by atoms with Crippen molar-refractivity contribution in [2.75, 3.05) is 18.0 Å². The van der Waals surface area contributed by atoms with Crippen LogP contribution in [0.25, 0.3) is 0 Å². The molecule has 0 bridgehead atoms. The third-order valence-electron chi connectivity index (χ3n) is 4.74. The summed E-state index contributed by atoms with van der Waals surface area (Å²) in [6.45, 7) is 1.31. The number of carbonyl (C=O) groups excluding carboxylic acids is 1. The number of pyridine rings is 1. The van der Waals surface area contributed by atoms with Gasteiger partial charge in [0.2, 0.25) is 5.91 Å². The van der Waals surface area contributed by atoms with Crippen LogP contribution >= 0.6 is 0 Å². The first-order chi connectivity index (χ1) is 12.9. The number of aromatic nitrogens is 1. The lowest BCUT2D eigenvalue weighted by Crippen LogP contribution is -2.45. The highest BCUT2D eigenvalue weighted by Crippen LogP contribution is 2.29. The van der Waals surface area contributed by atoms with Gasteiger partial charge in [-0.15, -0.1) is 0 Å². The minimum atomic E-state index is -4.37. The lowest BCUT2D eigenvalue weighted by molar-refractivity contribution is -0.137. The number of nitrogens with zero attached hydrogens (tertiary/aromatic N) is 2. The predicted octanol–water partition coefficient (Wildman–Crippen LogP) is 3.82. The van der Waals surface area contributed by atoms with Crippen molar-refractivity contribution in [1.82, 2.24) is 10.3 Å². The number of anilines is 1. The van der Waals surface area contributed by atoms with Crippen LogP contribution in [0.3, 0.4) is 0 Å². The topological polar surface area (TPSA) is 45.2 Å². The molecular weight excluding hydrogens is 355 g/mol. The van der Waals surface area contributed by atoms with Crippen molar-refractivity contribution in [2.24, 2.45) is 0 Å². The molecule has 4 nitrogen and oxygen atoms in total. The number of nitrogens with one attached hydrogen (secondary N) is 1. The number of hydrogen-bond acceptors (Lipinski definition) is 3. The van der Waals surface area contributed by atoms with E-state index in [2.05, 4.69) is 10.3 Å². The molecule has 144 valence electrons. The Hall–Kier alpha value is -2.57. The summed E-state index contributed by atoms with van der Waals surface area (Å²) in [5.74, 6) is 0.571. The van der Waals surface area contributed by atoms with E-state index >= 15 is 0 Å². The summed E-state index contributed by atoms with van der Waals surface area (Å²) in [5.41, 5.74) is 0.391. The number of benzene rings is 1. The van der Waals surface area contributed by atoms with Crippen LogP contribution in [0.2, 0.25) is 0 Å². The van der Waals surface area contributed by atoms with Gasteiger partial charge in [0.25, 0.3) is 0 Å². The standard InChI is InChI=1S/C20H22F3N3O/c21-20(22,23)16-7-8-18(24-14-16)26-12-10-17(11-13-26)25-19(27)9-6-15-4-2-1-3-5-15/h1-5,7-8,14,17H,6,9-13H2,(H,25,27). The molecule has 0 unspecified atom stereocenters. The van der Waals surface area contributed by atoms with Crippen molar-refractivity contribution in [3.05, 3.63) is 59.8 Å². The summed E-state index contributed by atoms with van der Waals surface area (Å²) in [7, 11) is 0. The Morgan fingerprint density at radius 1 is 1.11 bits per heavy atom. The molecule has 0 atom stereocenters. The average Bonchev–Trinajstić information content (AvgIpc) is 2.67. The zero-order valence-corrected chi connectivity index (χ0v) is 14.9. The molecule has 2 aromatic rings. The zero-order valence-electron chi connectivity index (χ0n) is 14.9. The molecule has 0 spiro atoms. The number of aryl methyl sites for hydroxylation is 1. The molecule has 1 saturated heterocycles. The van der Waals surface area contributed by atoms with Gasteiger partial charge in [-0.25, -0.2) is 4.98 Å². The number of amides is 1.